The molecule has 0 radical (unpaired) electrons. The van der Waals surface area contributed by atoms with Crippen molar-refractivity contribution in [2.75, 3.05) is 0 Å². The molecular formula is C18H19ClN2O2S. The molecule has 4 nitrogen and oxygen atoms in total. The van der Waals surface area contributed by atoms with Gasteiger partial charge in [-0.05, 0) is 48.4 Å². The van der Waals surface area contributed by atoms with E-state index >= 15 is 0 Å². The fourth-order valence-electron chi connectivity index (χ4n) is 2.69. The van der Waals surface area contributed by atoms with E-state index in [2.05, 4.69) is 22.3 Å². The molecular weight excluding hydrogens is 344 g/mol. The molecule has 3 rings (SSSR count). The lowest BCUT2D eigenvalue weighted by Gasteiger charge is -2.08. The van der Waals surface area contributed by atoms with Crippen LogP contribution in [-0.2, 0) is 29.4 Å². The highest BCUT2D eigenvalue weighted by molar-refractivity contribution is 7.88. The molecule has 0 saturated carbocycles. The Kier molecular flexibility index (Phi) is 4.67. The van der Waals surface area contributed by atoms with E-state index in [1.54, 1.807) is 24.3 Å². The fourth-order valence-corrected chi connectivity index (χ4v) is 3.94. The second kappa shape index (κ2) is 6.59. The quantitative estimate of drug-likeness (QED) is 0.751. The summed E-state index contributed by atoms with van der Waals surface area (Å²) in [5, 5.41) is 1.71. The van der Waals surface area contributed by atoms with Crippen LogP contribution in [0.4, 0.5) is 0 Å². The normalized spacial score (nSPS) is 12.0. The zero-order valence-electron chi connectivity index (χ0n) is 13.6. The van der Waals surface area contributed by atoms with Gasteiger partial charge in [0.2, 0.25) is 10.0 Å². The molecule has 0 atom stereocenters. The zero-order valence-corrected chi connectivity index (χ0v) is 15.2. The first kappa shape index (κ1) is 17.0. The Hall–Kier alpha value is -1.82. The van der Waals surface area contributed by atoms with E-state index in [4.69, 9.17) is 11.6 Å². The number of aromatic nitrogens is 1. The number of nitrogens with zero attached hydrogens (tertiary/aromatic N) is 1. The number of rotatable bonds is 5. The molecule has 6 heteroatoms. The van der Waals surface area contributed by atoms with E-state index in [9.17, 15) is 8.42 Å². The third-order valence-electron chi connectivity index (χ3n) is 4.11. The summed E-state index contributed by atoms with van der Waals surface area (Å²) >= 11 is 5.82. The first-order valence-electron chi connectivity index (χ1n) is 7.61. The third-order valence-corrected chi connectivity index (χ3v) is 5.66. The van der Waals surface area contributed by atoms with E-state index in [-0.39, 0.29) is 12.3 Å². The van der Waals surface area contributed by atoms with Crippen LogP contribution in [0.15, 0.2) is 48.5 Å². The predicted octanol–water partition coefficient (Wildman–Crippen LogP) is 3.76. The molecule has 0 bridgehead atoms. The van der Waals surface area contributed by atoms with Gasteiger partial charge in [-0.2, -0.15) is 0 Å². The molecule has 24 heavy (non-hydrogen) atoms. The number of hydrogen-bond acceptors (Lipinski definition) is 2. The highest BCUT2D eigenvalue weighted by Crippen LogP contribution is 2.20. The van der Waals surface area contributed by atoms with Crippen molar-refractivity contribution in [2.24, 2.45) is 7.05 Å². The van der Waals surface area contributed by atoms with Gasteiger partial charge in [0.15, 0.2) is 0 Å². The summed E-state index contributed by atoms with van der Waals surface area (Å²) < 4.78 is 29.2. The van der Waals surface area contributed by atoms with Crippen molar-refractivity contribution in [3.05, 3.63) is 70.4 Å². The van der Waals surface area contributed by atoms with Crippen LogP contribution in [-0.4, -0.2) is 13.0 Å². The van der Waals surface area contributed by atoms with Gasteiger partial charge in [0.1, 0.15) is 0 Å². The minimum absolute atomic E-state index is 0.0587. The molecule has 1 heterocycles. The van der Waals surface area contributed by atoms with Crippen molar-refractivity contribution >= 4 is 32.5 Å². The average Bonchev–Trinajstić information content (AvgIpc) is 2.82. The minimum atomic E-state index is -3.40. The lowest BCUT2D eigenvalue weighted by atomic mass is 10.1. The molecule has 0 aliphatic rings. The molecule has 3 aromatic rings. The van der Waals surface area contributed by atoms with Crippen molar-refractivity contribution < 1.29 is 8.42 Å². The number of sulfonamides is 1. The van der Waals surface area contributed by atoms with E-state index < -0.39 is 10.0 Å². The van der Waals surface area contributed by atoms with Gasteiger partial charge < -0.3 is 4.57 Å². The van der Waals surface area contributed by atoms with Crippen LogP contribution in [0.25, 0.3) is 10.9 Å². The summed E-state index contributed by atoms with van der Waals surface area (Å²) in [4.78, 5) is 0. The number of benzene rings is 2. The van der Waals surface area contributed by atoms with E-state index in [1.165, 1.54) is 5.69 Å². The maximum atomic E-state index is 12.2. The summed E-state index contributed by atoms with van der Waals surface area (Å²) in [5.74, 6) is -0.0587. The van der Waals surface area contributed by atoms with E-state index in [0.717, 1.165) is 16.5 Å². The maximum absolute atomic E-state index is 12.2. The lowest BCUT2D eigenvalue weighted by molar-refractivity contribution is 0.580. The van der Waals surface area contributed by atoms with Gasteiger partial charge in [0.05, 0.1) is 5.75 Å². The molecule has 0 aliphatic heterocycles. The van der Waals surface area contributed by atoms with Crippen molar-refractivity contribution in [1.29, 1.82) is 0 Å². The Balaban J connectivity index is 1.71. The fraction of sp³-hybridized carbons (Fsp3) is 0.222. The average molecular weight is 363 g/mol. The van der Waals surface area contributed by atoms with Gasteiger partial charge in [-0.25, -0.2) is 13.1 Å². The van der Waals surface area contributed by atoms with Gasteiger partial charge in [0.25, 0.3) is 0 Å². The molecule has 2 aromatic carbocycles. The zero-order chi connectivity index (χ0) is 17.3. The van der Waals surface area contributed by atoms with Crippen LogP contribution >= 0.6 is 11.6 Å². The maximum Gasteiger partial charge on any atom is 0.216 e. The van der Waals surface area contributed by atoms with Gasteiger partial charge in [0, 0.05) is 35.2 Å². The minimum Gasteiger partial charge on any atom is -0.348 e. The standard InChI is InChI=1S/C18H19ClN2O2S/c1-13-9-16-10-15(5-8-18(16)21(13)2)11-20-24(22,23)12-14-3-6-17(19)7-4-14/h3-10,20H,11-12H2,1-2H3. The molecule has 126 valence electrons. The Morgan fingerprint density at radius 3 is 2.42 bits per heavy atom. The van der Waals surface area contributed by atoms with Gasteiger partial charge >= 0.3 is 0 Å². The van der Waals surface area contributed by atoms with Gasteiger partial charge in [-0.15, -0.1) is 0 Å². The van der Waals surface area contributed by atoms with E-state index in [0.29, 0.717) is 10.6 Å². The Morgan fingerprint density at radius 2 is 1.71 bits per heavy atom. The third kappa shape index (κ3) is 3.80. The van der Waals surface area contributed by atoms with Crippen LogP contribution in [0.2, 0.25) is 5.02 Å². The van der Waals surface area contributed by atoms with Crippen molar-refractivity contribution in [2.45, 2.75) is 19.2 Å². The van der Waals surface area contributed by atoms with E-state index in [1.807, 2.05) is 25.2 Å². The Bertz CT molecular complexity index is 976. The largest absolute Gasteiger partial charge is 0.348 e. The first-order valence-corrected chi connectivity index (χ1v) is 9.64. The number of halogens is 1. The highest BCUT2D eigenvalue weighted by Gasteiger charge is 2.12. The molecule has 0 unspecified atom stereocenters. The highest BCUT2D eigenvalue weighted by atomic mass is 35.5. The molecule has 0 aliphatic carbocycles. The molecule has 0 spiro atoms. The number of aryl methyl sites for hydroxylation is 2. The summed E-state index contributed by atoms with van der Waals surface area (Å²) in [5.41, 5.74) is 3.96. The number of hydrogen-bond donors (Lipinski definition) is 1. The molecule has 1 aromatic heterocycles. The monoisotopic (exact) mass is 362 g/mol. The van der Waals surface area contributed by atoms with Gasteiger partial charge in [-0.1, -0.05) is 29.8 Å². The SMILES string of the molecule is Cc1cc2cc(CNS(=O)(=O)Cc3ccc(Cl)cc3)ccc2n1C. The molecule has 0 saturated heterocycles. The summed E-state index contributed by atoms with van der Waals surface area (Å²) in [6, 6.07) is 14.9. The Labute approximate surface area is 147 Å². The lowest BCUT2D eigenvalue weighted by Crippen LogP contribution is -2.24. The molecule has 0 amide bonds. The predicted molar refractivity (Wildman–Crippen MR) is 98.6 cm³/mol. The van der Waals surface area contributed by atoms with Crippen molar-refractivity contribution in [3.63, 3.8) is 0 Å². The van der Waals surface area contributed by atoms with Crippen LogP contribution in [0.5, 0.6) is 0 Å². The van der Waals surface area contributed by atoms with Crippen LogP contribution in [0.1, 0.15) is 16.8 Å². The smallest absolute Gasteiger partial charge is 0.216 e. The van der Waals surface area contributed by atoms with Crippen LogP contribution < -0.4 is 4.72 Å². The second-order valence-corrected chi connectivity index (χ2v) is 8.19. The summed E-state index contributed by atoms with van der Waals surface area (Å²) in [6.07, 6.45) is 0. The second-order valence-electron chi connectivity index (χ2n) is 5.94. The summed E-state index contributed by atoms with van der Waals surface area (Å²) in [7, 11) is -1.38. The van der Waals surface area contributed by atoms with Gasteiger partial charge in [-0.3, -0.25) is 0 Å². The first-order chi connectivity index (χ1) is 11.3. The number of fused-ring (bicyclic) bond motifs is 1. The van der Waals surface area contributed by atoms with Crippen LogP contribution in [0.3, 0.4) is 0 Å². The number of nitrogens with one attached hydrogen (secondary N) is 1. The summed E-state index contributed by atoms with van der Waals surface area (Å²) in [6.45, 7) is 2.33. The topological polar surface area (TPSA) is 51.1 Å². The van der Waals surface area contributed by atoms with Crippen LogP contribution in [0, 0.1) is 6.92 Å². The molecule has 0 fully saturated rings. The van der Waals surface area contributed by atoms with Crippen molar-refractivity contribution in [1.82, 2.24) is 9.29 Å². The van der Waals surface area contributed by atoms with Crippen molar-refractivity contribution in [3.8, 4) is 0 Å². The molecule has 1 N–H and O–H groups in total. The Morgan fingerprint density at radius 1 is 1.04 bits per heavy atom.